The maximum atomic E-state index is 4.81. The van der Waals surface area contributed by atoms with Crippen molar-refractivity contribution in [1.82, 2.24) is 24.8 Å². The lowest BCUT2D eigenvalue weighted by atomic mass is 9.94. The Morgan fingerprint density at radius 3 is 2.68 bits per heavy atom. The predicted octanol–water partition coefficient (Wildman–Crippen LogP) is 2.55. The lowest BCUT2D eigenvalue weighted by molar-refractivity contribution is 0.196. The van der Waals surface area contributed by atoms with Crippen molar-refractivity contribution in [2.75, 3.05) is 31.1 Å². The van der Waals surface area contributed by atoms with Gasteiger partial charge in [0, 0.05) is 50.2 Å². The molecular formula is C19H26N6. The van der Waals surface area contributed by atoms with Crippen molar-refractivity contribution in [1.29, 1.82) is 0 Å². The monoisotopic (exact) mass is 338 g/mol. The van der Waals surface area contributed by atoms with Gasteiger partial charge in [0.25, 0.3) is 0 Å². The second-order valence-electron chi connectivity index (χ2n) is 7.15. The van der Waals surface area contributed by atoms with Crippen LogP contribution in [0.4, 0.5) is 5.95 Å². The molecule has 0 saturated carbocycles. The van der Waals surface area contributed by atoms with Crippen molar-refractivity contribution in [2.24, 2.45) is 0 Å². The van der Waals surface area contributed by atoms with Gasteiger partial charge < -0.3 is 4.90 Å². The van der Waals surface area contributed by atoms with Crippen LogP contribution in [0.15, 0.2) is 24.5 Å². The molecule has 2 aliphatic heterocycles. The topological polar surface area (TPSA) is 58.0 Å². The normalized spacial score (nSPS) is 21.6. The van der Waals surface area contributed by atoms with Crippen LogP contribution in [-0.2, 0) is 6.54 Å². The Kier molecular flexibility index (Phi) is 4.88. The first-order chi connectivity index (χ1) is 12.3. The third-order valence-corrected chi connectivity index (χ3v) is 5.20. The number of anilines is 1. The van der Waals surface area contributed by atoms with E-state index in [1.54, 1.807) is 0 Å². The number of aryl methyl sites for hydroxylation is 1. The molecule has 0 bridgehead atoms. The molecule has 6 nitrogen and oxygen atoms in total. The number of rotatable bonds is 4. The third kappa shape index (κ3) is 3.95. The quantitative estimate of drug-likeness (QED) is 0.854. The van der Waals surface area contributed by atoms with Crippen LogP contribution >= 0.6 is 0 Å². The first-order valence-electron chi connectivity index (χ1n) is 9.37. The fourth-order valence-corrected chi connectivity index (χ4v) is 3.91. The molecule has 2 fully saturated rings. The second kappa shape index (κ2) is 7.44. The highest BCUT2D eigenvalue weighted by molar-refractivity contribution is 5.31. The summed E-state index contributed by atoms with van der Waals surface area (Å²) in [6.07, 6.45) is 8.70. The highest BCUT2D eigenvalue weighted by Crippen LogP contribution is 2.26. The van der Waals surface area contributed by atoms with E-state index in [0.29, 0.717) is 5.92 Å². The van der Waals surface area contributed by atoms with Gasteiger partial charge in [0.1, 0.15) is 5.82 Å². The van der Waals surface area contributed by atoms with E-state index in [0.717, 1.165) is 50.2 Å². The van der Waals surface area contributed by atoms with Gasteiger partial charge in [-0.2, -0.15) is 0 Å². The van der Waals surface area contributed by atoms with Crippen LogP contribution in [0.25, 0.3) is 0 Å². The van der Waals surface area contributed by atoms with Crippen LogP contribution in [-0.4, -0.2) is 51.0 Å². The maximum absolute atomic E-state index is 4.81. The minimum Gasteiger partial charge on any atom is -0.341 e. The standard InChI is InChI=1S/C19H26N6/c1-15-20-9-7-18(22-15)16-5-4-10-24(13-16)14-17-6-8-21-19(23-17)25-11-2-3-12-25/h6-9,16H,2-5,10-14H2,1H3. The summed E-state index contributed by atoms with van der Waals surface area (Å²) in [6, 6.07) is 4.12. The minimum absolute atomic E-state index is 0.496. The second-order valence-corrected chi connectivity index (χ2v) is 7.15. The van der Waals surface area contributed by atoms with E-state index in [4.69, 9.17) is 4.98 Å². The first kappa shape index (κ1) is 16.4. The van der Waals surface area contributed by atoms with E-state index < -0.39 is 0 Å². The van der Waals surface area contributed by atoms with Gasteiger partial charge in [0.2, 0.25) is 5.95 Å². The molecule has 2 aromatic rings. The summed E-state index contributed by atoms with van der Waals surface area (Å²) in [5.74, 6) is 2.26. The summed E-state index contributed by atoms with van der Waals surface area (Å²) in [6.45, 7) is 7.20. The highest BCUT2D eigenvalue weighted by Gasteiger charge is 2.23. The molecule has 1 unspecified atom stereocenters. The first-order valence-corrected chi connectivity index (χ1v) is 9.37. The van der Waals surface area contributed by atoms with Crippen LogP contribution < -0.4 is 4.90 Å². The smallest absolute Gasteiger partial charge is 0.225 e. The van der Waals surface area contributed by atoms with Gasteiger partial charge in [0.15, 0.2) is 0 Å². The fourth-order valence-electron chi connectivity index (χ4n) is 3.91. The van der Waals surface area contributed by atoms with Gasteiger partial charge >= 0.3 is 0 Å². The SMILES string of the molecule is Cc1nccc(C2CCCN(Cc3ccnc(N4CCCC4)n3)C2)n1. The molecule has 4 rings (SSSR count). The van der Waals surface area contributed by atoms with E-state index in [1.807, 2.05) is 19.3 Å². The summed E-state index contributed by atoms with van der Waals surface area (Å²) >= 11 is 0. The van der Waals surface area contributed by atoms with E-state index in [-0.39, 0.29) is 0 Å². The van der Waals surface area contributed by atoms with Crippen LogP contribution in [0.3, 0.4) is 0 Å². The van der Waals surface area contributed by atoms with Crippen LogP contribution in [0.5, 0.6) is 0 Å². The molecule has 6 heteroatoms. The summed E-state index contributed by atoms with van der Waals surface area (Å²) in [5, 5.41) is 0. The highest BCUT2D eigenvalue weighted by atomic mass is 15.3. The Morgan fingerprint density at radius 2 is 1.84 bits per heavy atom. The zero-order valence-corrected chi connectivity index (χ0v) is 14.9. The van der Waals surface area contributed by atoms with E-state index in [9.17, 15) is 0 Å². The largest absolute Gasteiger partial charge is 0.341 e. The van der Waals surface area contributed by atoms with E-state index in [2.05, 4.69) is 36.9 Å². The van der Waals surface area contributed by atoms with Crippen molar-refractivity contribution < 1.29 is 0 Å². The van der Waals surface area contributed by atoms with Gasteiger partial charge in [-0.15, -0.1) is 0 Å². The number of nitrogens with zero attached hydrogens (tertiary/aromatic N) is 6. The number of hydrogen-bond acceptors (Lipinski definition) is 6. The Morgan fingerprint density at radius 1 is 1.00 bits per heavy atom. The maximum Gasteiger partial charge on any atom is 0.225 e. The average molecular weight is 338 g/mol. The fraction of sp³-hybridized carbons (Fsp3) is 0.579. The Bertz CT molecular complexity index is 713. The molecule has 0 spiro atoms. The molecule has 1 atom stereocenters. The van der Waals surface area contributed by atoms with E-state index >= 15 is 0 Å². The number of likely N-dealkylation sites (tertiary alicyclic amines) is 1. The molecule has 25 heavy (non-hydrogen) atoms. The molecule has 4 heterocycles. The molecule has 0 N–H and O–H groups in total. The molecular weight excluding hydrogens is 312 g/mol. The number of piperidine rings is 1. The van der Waals surface area contributed by atoms with E-state index in [1.165, 1.54) is 31.4 Å². The van der Waals surface area contributed by atoms with Crippen molar-refractivity contribution in [3.05, 3.63) is 41.7 Å². The third-order valence-electron chi connectivity index (χ3n) is 5.20. The summed E-state index contributed by atoms with van der Waals surface area (Å²) in [7, 11) is 0. The zero-order chi connectivity index (χ0) is 17.1. The van der Waals surface area contributed by atoms with Gasteiger partial charge in [-0.05, 0) is 51.3 Å². The Hall–Kier alpha value is -2.08. The average Bonchev–Trinajstić information content (AvgIpc) is 3.17. The Balaban J connectivity index is 1.43. The number of hydrogen-bond donors (Lipinski definition) is 0. The molecule has 132 valence electrons. The van der Waals surface area contributed by atoms with Gasteiger partial charge in [-0.1, -0.05) is 0 Å². The molecule has 2 aliphatic rings. The predicted molar refractivity (Wildman–Crippen MR) is 97.5 cm³/mol. The molecule has 0 aromatic carbocycles. The molecule has 2 aromatic heterocycles. The lowest BCUT2D eigenvalue weighted by Crippen LogP contribution is -2.34. The minimum atomic E-state index is 0.496. The van der Waals surface area contributed by atoms with Crippen molar-refractivity contribution in [3.63, 3.8) is 0 Å². The summed E-state index contributed by atoms with van der Waals surface area (Å²) in [5.41, 5.74) is 2.30. The van der Waals surface area contributed by atoms with Gasteiger partial charge in [-0.25, -0.2) is 19.9 Å². The van der Waals surface area contributed by atoms with Crippen molar-refractivity contribution in [2.45, 2.75) is 45.1 Å². The van der Waals surface area contributed by atoms with Crippen LogP contribution in [0.1, 0.15) is 48.8 Å². The summed E-state index contributed by atoms with van der Waals surface area (Å²) < 4.78 is 0. The molecule has 0 aliphatic carbocycles. The van der Waals surface area contributed by atoms with Gasteiger partial charge in [0.05, 0.1) is 5.69 Å². The van der Waals surface area contributed by atoms with Crippen LogP contribution in [0.2, 0.25) is 0 Å². The number of aromatic nitrogens is 4. The summed E-state index contributed by atoms with van der Waals surface area (Å²) in [4.78, 5) is 22.9. The van der Waals surface area contributed by atoms with Gasteiger partial charge in [-0.3, -0.25) is 4.90 Å². The lowest BCUT2D eigenvalue weighted by Gasteiger charge is -2.32. The van der Waals surface area contributed by atoms with Crippen LogP contribution in [0, 0.1) is 6.92 Å². The Labute approximate surface area is 149 Å². The zero-order valence-electron chi connectivity index (χ0n) is 14.9. The molecule has 0 radical (unpaired) electrons. The molecule has 0 amide bonds. The van der Waals surface area contributed by atoms with Crippen molar-refractivity contribution >= 4 is 5.95 Å². The van der Waals surface area contributed by atoms with Crippen molar-refractivity contribution in [3.8, 4) is 0 Å². The molecule has 2 saturated heterocycles.